The summed E-state index contributed by atoms with van der Waals surface area (Å²) < 4.78 is 2.35. The van der Waals surface area contributed by atoms with Gasteiger partial charge in [0.15, 0.2) is 17.5 Å². The lowest BCUT2D eigenvalue weighted by Gasteiger charge is -2.44. The summed E-state index contributed by atoms with van der Waals surface area (Å²) in [6.45, 7) is 27.8. The number of nitrogens with zero attached hydrogens (tertiary/aromatic N) is 7. The van der Waals surface area contributed by atoms with E-state index in [0.29, 0.717) is 28.6 Å². The third kappa shape index (κ3) is 12.0. The van der Waals surface area contributed by atoms with Crippen molar-refractivity contribution in [2.45, 2.75) is 105 Å². The van der Waals surface area contributed by atoms with Gasteiger partial charge in [-0.25, -0.2) is 15.0 Å². The van der Waals surface area contributed by atoms with Crippen molar-refractivity contribution >= 4 is 79.0 Å². The molecule has 13 aromatic carbocycles. The quantitative estimate of drug-likeness (QED) is 0.127. The van der Waals surface area contributed by atoms with Crippen molar-refractivity contribution in [3.05, 3.63) is 319 Å². The first kappa shape index (κ1) is 67.0. The number of nitriles is 1. The van der Waals surface area contributed by atoms with Crippen LogP contribution in [0.15, 0.2) is 291 Å². The van der Waals surface area contributed by atoms with Crippen LogP contribution >= 0.6 is 0 Å². The van der Waals surface area contributed by atoms with Gasteiger partial charge in [-0.1, -0.05) is 289 Å². The van der Waals surface area contributed by atoms with Crippen LogP contribution in [0.1, 0.15) is 111 Å². The smallest absolute Gasteiger partial charge is 0.252 e. The lowest BCUT2D eigenvalue weighted by atomic mass is 9.33. The molecular weight excluding hydrogens is 1290 g/mol. The molecule has 0 saturated heterocycles. The zero-order chi connectivity index (χ0) is 73.1. The summed E-state index contributed by atoms with van der Waals surface area (Å²) in [5.74, 6) is 1.54. The number of fused-ring (bicyclic) bond motifs is 7. The highest BCUT2D eigenvalue weighted by atomic mass is 15.2. The normalized spacial score (nSPS) is 12.8. The van der Waals surface area contributed by atoms with Crippen LogP contribution in [0.2, 0.25) is 0 Å². The van der Waals surface area contributed by atoms with Crippen molar-refractivity contribution < 1.29 is 0 Å². The number of para-hydroxylation sites is 2. The molecule has 0 spiro atoms. The number of benzene rings is 13. The number of anilines is 6. The number of rotatable bonds is 10. The first-order valence-corrected chi connectivity index (χ1v) is 37.1. The Labute approximate surface area is 623 Å². The van der Waals surface area contributed by atoms with Gasteiger partial charge in [-0.15, -0.1) is 0 Å². The molecule has 4 heterocycles. The Morgan fingerprint density at radius 2 is 0.679 bits per heavy atom. The van der Waals surface area contributed by atoms with Crippen molar-refractivity contribution in [1.29, 1.82) is 5.26 Å². The molecule has 106 heavy (non-hydrogen) atoms. The molecule has 514 valence electrons. The maximum atomic E-state index is 10.7. The van der Waals surface area contributed by atoms with Crippen molar-refractivity contribution in [2.24, 2.45) is 0 Å². The highest BCUT2D eigenvalue weighted by Crippen LogP contribution is 2.49. The molecule has 0 bridgehead atoms. The van der Waals surface area contributed by atoms with Crippen molar-refractivity contribution in [2.75, 3.05) is 9.80 Å². The first-order valence-electron chi connectivity index (χ1n) is 37.1. The summed E-state index contributed by atoms with van der Waals surface area (Å²) >= 11 is 0. The van der Waals surface area contributed by atoms with E-state index in [1.165, 1.54) is 60.9 Å². The van der Waals surface area contributed by atoms with E-state index in [0.717, 1.165) is 95.0 Å². The molecular formula is C98H84BN7. The maximum Gasteiger partial charge on any atom is 0.252 e. The fourth-order valence-electron chi connectivity index (χ4n) is 15.7. The molecule has 0 aliphatic carbocycles. The summed E-state index contributed by atoms with van der Waals surface area (Å²) in [7, 11) is 0. The first-order chi connectivity index (χ1) is 51.0. The average molecular weight is 1370 g/mol. The van der Waals surface area contributed by atoms with Crippen LogP contribution < -0.4 is 26.2 Å². The third-order valence-corrected chi connectivity index (χ3v) is 21.6. The molecule has 0 N–H and O–H groups in total. The van der Waals surface area contributed by atoms with Crippen LogP contribution in [0.5, 0.6) is 0 Å². The molecule has 0 saturated carbocycles. The van der Waals surface area contributed by atoms with Crippen molar-refractivity contribution in [3.8, 4) is 90.4 Å². The van der Waals surface area contributed by atoms with Gasteiger partial charge in [-0.3, -0.25) is 0 Å². The maximum absolute atomic E-state index is 10.7. The van der Waals surface area contributed by atoms with E-state index >= 15 is 0 Å². The van der Waals surface area contributed by atoms with Gasteiger partial charge in [0.05, 0.1) is 28.4 Å². The molecule has 15 aromatic rings. The molecule has 2 aliphatic heterocycles. The van der Waals surface area contributed by atoms with Crippen LogP contribution in [0.25, 0.3) is 106 Å². The van der Waals surface area contributed by atoms with E-state index < -0.39 is 0 Å². The van der Waals surface area contributed by atoms with Gasteiger partial charge in [0.1, 0.15) is 0 Å². The van der Waals surface area contributed by atoms with E-state index in [4.69, 9.17) is 15.0 Å². The van der Waals surface area contributed by atoms with Gasteiger partial charge in [0.2, 0.25) is 0 Å². The minimum absolute atomic E-state index is 0.0734. The third-order valence-electron chi connectivity index (χ3n) is 21.6. The largest absolute Gasteiger partial charge is 0.311 e. The number of hydrogen-bond donors (Lipinski definition) is 0. The molecule has 7 nitrogen and oxygen atoms in total. The predicted octanol–water partition coefficient (Wildman–Crippen LogP) is 23.8. The second-order valence-electron chi connectivity index (χ2n) is 32.9. The average Bonchev–Trinajstić information content (AvgIpc) is 0.706. The second-order valence-corrected chi connectivity index (χ2v) is 32.9. The van der Waals surface area contributed by atoms with E-state index in [2.05, 4.69) is 322 Å². The van der Waals surface area contributed by atoms with Gasteiger partial charge < -0.3 is 14.4 Å². The molecule has 0 amide bonds. The SMILES string of the molecule is CC(C)(C)c1cc(-c2ccc3c(c2)B2c4cc(-c5cc(C(C)(C)C)cc(C(C)(C)C)c5)ccc4N(c4ccccc4)c4cc(-c5ccc6c(c5)c5ccc(-c7ccccc7)cc5n6-c5ccc(C#N)cc5-c5nc(-c6ccccc6)nc(-c6ccccc6)n5)cc(c42)N3c2ccccc2)cc(C(C)(C)C)c1. The van der Waals surface area contributed by atoms with Gasteiger partial charge >= 0.3 is 0 Å². The molecule has 2 aliphatic rings. The summed E-state index contributed by atoms with van der Waals surface area (Å²) in [6, 6.07) is 109. The predicted molar refractivity (Wildman–Crippen MR) is 446 cm³/mol. The van der Waals surface area contributed by atoms with E-state index in [-0.39, 0.29) is 28.4 Å². The molecule has 0 unspecified atom stereocenters. The Hall–Kier alpha value is -12.2. The van der Waals surface area contributed by atoms with E-state index in [1.807, 2.05) is 72.8 Å². The zero-order valence-corrected chi connectivity index (χ0v) is 62.4. The Balaban J connectivity index is 0.931. The highest BCUT2D eigenvalue weighted by molar-refractivity contribution is 7.00. The standard InChI is InChI=1S/C98H84BN7/c1-95(2,3)73-49-70(50-74(59-73)96(4,5)6)67-41-46-86-82(54-67)99-83-55-68(71-51-75(97(7,8)9)60-76(52-71)98(10,11)12)42-47-87(83)105(78-36-26-17-27-37-78)90-58-72(57-89(91(90)99)104(86)77-34-24-16-25-35-77)66-40-45-84-80(53-66)79-43-39-69(63-28-18-13-19-29-63)56-88(79)106(84)85-44-38-62(61-100)48-81(85)94-102-92(64-30-20-14-21-31-64)101-93(103-94)65-32-22-15-23-33-65/h13-60H,1-12H3. The summed E-state index contributed by atoms with van der Waals surface area (Å²) in [4.78, 5) is 20.8. The summed E-state index contributed by atoms with van der Waals surface area (Å²) in [5.41, 5.74) is 30.3. The fraction of sp³-hybridized carbons (Fsp3) is 0.163. The van der Waals surface area contributed by atoms with Crippen LogP contribution in [-0.4, -0.2) is 26.2 Å². The topological polar surface area (TPSA) is 73.9 Å². The molecule has 17 rings (SSSR count). The Kier molecular flexibility index (Phi) is 16.2. The van der Waals surface area contributed by atoms with Gasteiger partial charge in [-0.05, 0) is 190 Å². The molecule has 8 heteroatoms. The molecule has 0 radical (unpaired) electrons. The van der Waals surface area contributed by atoms with Gasteiger partial charge in [0, 0.05) is 61.6 Å². The lowest BCUT2D eigenvalue weighted by Crippen LogP contribution is -2.61. The van der Waals surface area contributed by atoms with E-state index in [1.54, 1.807) is 0 Å². The van der Waals surface area contributed by atoms with Gasteiger partial charge in [0.25, 0.3) is 6.71 Å². The van der Waals surface area contributed by atoms with Crippen LogP contribution in [-0.2, 0) is 21.7 Å². The van der Waals surface area contributed by atoms with Crippen LogP contribution in [0.3, 0.4) is 0 Å². The highest BCUT2D eigenvalue weighted by Gasteiger charge is 2.44. The van der Waals surface area contributed by atoms with Gasteiger partial charge in [-0.2, -0.15) is 5.26 Å². The Morgan fingerprint density at radius 3 is 1.13 bits per heavy atom. The lowest BCUT2D eigenvalue weighted by molar-refractivity contribution is 0.568. The number of aromatic nitrogens is 4. The Bertz CT molecular complexity index is 5690. The second kappa shape index (κ2) is 25.6. The monoisotopic (exact) mass is 1370 g/mol. The molecule has 0 atom stereocenters. The number of hydrogen-bond acceptors (Lipinski definition) is 6. The molecule has 0 fully saturated rings. The summed E-state index contributed by atoms with van der Waals surface area (Å²) in [6.07, 6.45) is 0. The van der Waals surface area contributed by atoms with Crippen LogP contribution in [0, 0.1) is 11.3 Å². The Morgan fingerprint density at radius 1 is 0.292 bits per heavy atom. The summed E-state index contributed by atoms with van der Waals surface area (Å²) in [5, 5.41) is 12.9. The minimum atomic E-state index is -0.192. The fourth-order valence-corrected chi connectivity index (χ4v) is 15.7. The zero-order valence-electron chi connectivity index (χ0n) is 62.4. The van der Waals surface area contributed by atoms with Crippen molar-refractivity contribution in [3.63, 3.8) is 0 Å². The molecule has 2 aromatic heterocycles. The van der Waals surface area contributed by atoms with Crippen LogP contribution in [0.4, 0.5) is 34.1 Å². The van der Waals surface area contributed by atoms with E-state index in [9.17, 15) is 5.26 Å². The minimum Gasteiger partial charge on any atom is -0.311 e. The van der Waals surface area contributed by atoms with Crippen molar-refractivity contribution in [1.82, 2.24) is 19.5 Å².